The zero-order valence-corrected chi connectivity index (χ0v) is 13.8. The number of thiazole rings is 1. The first-order valence-electron chi connectivity index (χ1n) is 6.82. The van der Waals surface area contributed by atoms with Gasteiger partial charge in [-0.05, 0) is 5.56 Å². The van der Waals surface area contributed by atoms with Crippen molar-refractivity contribution in [1.82, 2.24) is 4.98 Å². The second kappa shape index (κ2) is 7.00. The van der Waals surface area contributed by atoms with Gasteiger partial charge in [-0.25, -0.2) is 13.4 Å². The Labute approximate surface area is 130 Å². The molecule has 1 heterocycles. The highest BCUT2D eigenvalue weighted by molar-refractivity contribution is 7.90. The number of rotatable bonds is 6. The summed E-state index contributed by atoms with van der Waals surface area (Å²) in [6.45, 7) is 4.11. The van der Waals surface area contributed by atoms with E-state index in [1.807, 2.05) is 41.8 Å². The molecule has 0 atom stereocenters. The van der Waals surface area contributed by atoms with Crippen molar-refractivity contribution in [3.8, 4) is 0 Å². The van der Waals surface area contributed by atoms with Gasteiger partial charge in [-0.15, -0.1) is 11.3 Å². The third-order valence-electron chi connectivity index (χ3n) is 2.89. The van der Waals surface area contributed by atoms with Gasteiger partial charge in [0.2, 0.25) is 0 Å². The van der Waals surface area contributed by atoms with Gasteiger partial charge in [-0.1, -0.05) is 56.3 Å². The average molecular weight is 321 g/mol. The lowest BCUT2D eigenvalue weighted by atomic mass is 10.2. The normalized spacial score (nSPS) is 12.3. The van der Waals surface area contributed by atoms with E-state index in [1.165, 1.54) is 11.3 Å². The molecule has 0 spiro atoms. The van der Waals surface area contributed by atoms with Crippen LogP contribution in [0.15, 0.2) is 41.8 Å². The summed E-state index contributed by atoms with van der Waals surface area (Å²) in [4.78, 5) is 4.38. The van der Waals surface area contributed by atoms with Crippen molar-refractivity contribution < 1.29 is 8.42 Å². The van der Waals surface area contributed by atoms with Gasteiger partial charge in [-0.2, -0.15) is 0 Å². The molecule has 0 saturated heterocycles. The lowest BCUT2D eigenvalue weighted by Gasteiger charge is -1.99. The molecule has 3 nitrogen and oxygen atoms in total. The van der Waals surface area contributed by atoms with Gasteiger partial charge in [0, 0.05) is 11.3 Å². The Morgan fingerprint density at radius 3 is 2.57 bits per heavy atom. The van der Waals surface area contributed by atoms with Crippen LogP contribution in [0.1, 0.15) is 36.0 Å². The van der Waals surface area contributed by atoms with Crippen LogP contribution in [0.2, 0.25) is 0 Å². The molecule has 0 radical (unpaired) electrons. The monoisotopic (exact) mass is 321 g/mol. The summed E-state index contributed by atoms with van der Waals surface area (Å²) in [7, 11) is -3.16. The molecule has 0 N–H and O–H groups in total. The topological polar surface area (TPSA) is 47.0 Å². The van der Waals surface area contributed by atoms with Crippen LogP contribution in [0.4, 0.5) is 0 Å². The zero-order valence-electron chi connectivity index (χ0n) is 12.2. The highest BCUT2D eigenvalue weighted by Gasteiger charge is 2.14. The Kier molecular flexibility index (Phi) is 5.31. The lowest BCUT2D eigenvalue weighted by Crippen LogP contribution is -2.08. The lowest BCUT2D eigenvalue weighted by molar-refractivity contribution is 0.597. The Balaban J connectivity index is 1.97. The van der Waals surface area contributed by atoms with Crippen LogP contribution in [-0.4, -0.2) is 19.2 Å². The van der Waals surface area contributed by atoms with Crippen LogP contribution >= 0.6 is 11.3 Å². The molecule has 0 aliphatic heterocycles. The molecule has 1 aromatic heterocycles. The van der Waals surface area contributed by atoms with E-state index in [-0.39, 0.29) is 11.5 Å². The maximum Gasteiger partial charge on any atom is 0.159 e. The summed E-state index contributed by atoms with van der Waals surface area (Å²) in [5, 5.41) is 2.83. The number of hydrogen-bond acceptors (Lipinski definition) is 4. The van der Waals surface area contributed by atoms with E-state index < -0.39 is 9.84 Å². The molecule has 0 saturated carbocycles. The minimum Gasteiger partial charge on any atom is -0.245 e. The minimum absolute atomic E-state index is 0.00928. The number of nitrogens with zero attached hydrogens (tertiary/aromatic N) is 1. The smallest absolute Gasteiger partial charge is 0.159 e. The molecule has 0 aliphatic rings. The van der Waals surface area contributed by atoms with Gasteiger partial charge in [0.1, 0.15) is 0 Å². The molecule has 0 unspecified atom stereocenters. The Morgan fingerprint density at radius 2 is 1.95 bits per heavy atom. The van der Waals surface area contributed by atoms with Crippen molar-refractivity contribution >= 4 is 27.3 Å². The summed E-state index contributed by atoms with van der Waals surface area (Å²) in [6.07, 6.45) is 3.53. The van der Waals surface area contributed by atoms with Crippen molar-refractivity contribution in [3.05, 3.63) is 58.1 Å². The zero-order chi connectivity index (χ0) is 15.3. The molecule has 112 valence electrons. The van der Waals surface area contributed by atoms with Gasteiger partial charge < -0.3 is 0 Å². The molecule has 0 fully saturated rings. The maximum atomic E-state index is 12.1. The van der Waals surface area contributed by atoms with E-state index in [1.54, 1.807) is 6.08 Å². The van der Waals surface area contributed by atoms with Crippen LogP contribution < -0.4 is 0 Å². The third-order valence-corrected chi connectivity index (χ3v) is 5.52. The van der Waals surface area contributed by atoms with Crippen LogP contribution in [-0.2, 0) is 15.6 Å². The summed E-state index contributed by atoms with van der Waals surface area (Å²) in [5.74, 6) is 0.385. The summed E-state index contributed by atoms with van der Waals surface area (Å²) in [6, 6.07) is 9.67. The molecular formula is C16H19NO2S2. The third kappa shape index (κ3) is 5.10. The summed E-state index contributed by atoms with van der Waals surface area (Å²) < 4.78 is 24.2. The molecule has 21 heavy (non-hydrogen) atoms. The van der Waals surface area contributed by atoms with Crippen LogP contribution in [0, 0.1) is 0 Å². The minimum atomic E-state index is -3.16. The Hall–Kier alpha value is -1.46. The van der Waals surface area contributed by atoms with E-state index in [2.05, 4.69) is 18.8 Å². The second-order valence-electron chi connectivity index (χ2n) is 5.20. The number of benzene rings is 1. The maximum absolute atomic E-state index is 12.1. The van der Waals surface area contributed by atoms with E-state index in [0.29, 0.717) is 11.6 Å². The molecular weight excluding hydrogens is 302 g/mol. The molecule has 1 aromatic carbocycles. The van der Waals surface area contributed by atoms with Crippen molar-refractivity contribution in [1.29, 1.82) is 0 Å². The number of sulfone groups is 1. The van der Waals surface area contributed by atoms with Gasteiger partial charge in [0.05, 0.1) is 22.2 Å². The molecule has 5 heteroatoms. The molecule has 2 rings (SSSR count). The molecule has 0 aliphatic carbocycles. The summed E-state index contributed by atoms with van der Waals surface area (Å²) >= 11 is 1.53. The molecule has 0 amide bonds. The first-order chi connectivity index (χ1) is 9.96. The van der Waals surface area contributed by atoms with Crippen molar-refractivity contribution in [2.45, 2.75) is 25.5 Å². The predicted octanol–water partition coefficient (Wildman–Crippen LogP) is 3.89. The van der Waals surface area contributed by atoms with Gasteiger partial charge in [-0.3, -0.25) is 0 Å². The van der Waals surface area contributed by atoms with Gasteiger partial charge >= 0.3 is 0 Å². The predicted molar refractivity (Wildman–Crippen MR) is 89.2 cm³/mol. The second-order valence-corrected chi connectivity index (χ2v) is 8.20. The molecule has 0 bridgehead atoms. The fourth-order valence-electron chi connectivity index (χ4n) is 1.83. The van der Waals surface area contributed by atoms with E-state index >= 15 is 0 Å². The fraction of sp³-hybridized carbons (Fsp3) is 0.312. The molecule has 2 aromatic rings. The van der Waals surface area contributed by atoms with E-state index in [4.69, 9.17) is 0 Å². The highest BCUT2D eigenvalue weighted by Crippen LogP contribution is 2.20. The summed E-state index contributed by atoms with van der Waals surface area (Å²) in [5.41, 5.74) is 1.65. The SMILES string of the molecule is CC(C)c1nc(CS(=O)(=O)C/C=C\c2ccccc2)cs1. The van der Waals surface area contributed by atoms with Crippen molar-refractivity contribution in [2.75, 3.05) is 5.75 Å². The first-order valence-corrected chi connectivity index (χ1v) is 9.53. The average Bonchev–Trinajstić information content (AvgIpc) is 2.87. The van der Waals surface area contributed by atoms with E-state index in [9.17, 15) is 8.42 Å². The fourth-order valence-corrected chi connectivity index (χ4v) is 3.88. The highest BCUT2D eigenvalue weighted by atomic mass is 32.2. The Morgan fingerprint density at radius 1 is 1.24 bits per heavy atom. The van der Waals surface area contributed by atoms with Gasteiger partial charge in [0.15, 0.2) is 9.84 Å². The first kappa shape index (κ1) is 15.9. The van der Waals surface area contributed by atoms with Crippen molar-refractivity contribution in [2.24, 2.45) is 0 Å². The Bertz CT molecular complexity index is 701. The van der Waals surface area contributed by atoms with Gasteiger partial charge in [0.25, 0.3) is 0 Å². The van der Waals surface area contributed by atoms with Crippen LogP contribution in [0.25, 0.3) is 6.08 Å². The van der Waals surface area contributed by atoms with E-state index in [0.717, 1.165) is 10.6 Å². The number of hydrogen-bond donors (Lipinski definition) is 0. The van der Waals surface area contributed by atoms with Crippen LogP contribution in [0.3, 0.4) is 0 Å². The largest absolute Gasteiger partial charge is 0.245 e. The van der Waals surface area contributed by atoms with Crippen molar-refractivity contribution in [3.63, 3.8) is 0 Å². The quantitative estimate of drug-likeness (QED) is 0.811. The standard InChI is InChI=1S/C16H19NO2S2/c1-13(2)16-17-15(11-20-16)12-21(18,19)10-6-9-14-7-4-3-5-8-14/h3-9,11,13H,10,12H2,1-2H3/b9-6-. The number of aromatic nitrogens is 1. The van der Waals surface area contributed by atoms with Crippen LogP contribution in [0.5, 0.6) is 0 Å².